The van der Waals surface area contributed by atoms with Gasteiger partial charge in [0, 0.05) is 11.6 Å². The highest BCUT2D eigenvalue weighted by atomic mass is 15.3. The van der Waals surface area contributed by atoms with Gasteiger partial charge in [-0.05, 0) is 37.1 Å². The monoisotopic (exact) mass is 263 g/mol. The minimum Gasteiger partial charge on any atom is -0.384 e. The molecule has 100 valence electrons. The maximum Gasteiger partial charge on any atom is 0.127 e. The molecular weight excluding hydrogens is 246 g/mol. The third kappa shape index (κ3) is 2.07. The van der Waals surface area contributed by atoms with Gasteiger partial charge < -0.3 is 5.73 Å². The first-order valence-electron chi connectivity index (χ1n) is 6.64. The van der Waals surface area contributed by atoms with Crippen LogP contribution >= 0.6 is 0 Å². The fourth-order valence-corrected chi connectivity index (χ4v) is 2.33. The standard InChI is InChI=1S/C17H17N3/c1-12-7-6-10-15(13(12)2)16-11-17(18)20(19-16)14-8-4-3-5-9-14/h3-11H,18H2,1-2H3. The number of aromatic nitrogens is 2. The molecule has 0 radical (unpaired) electrons. The minimum absolute atomic E-state index is 0.645. The van der Waals surface area contributed by atoms with Crippen molar-refractivity contribution in [3.63, 3.8) is 0 Å². The second-order valence-corrected chi connectivity index (χ2v) is 4.95. The van der Waals surface area contributed by atoms with Crippen molar-refractivity contribution in [2.75, 3.05) is 5.73 Å². The van der Waals surface area contributed by atoms with Crippen LogP contribution in [0.3, 0.4) is 0 Å². The van der Waals surface area contributed by atoms with Crippen LogP contribution in [0.5, 0.6) is 0 Å². The smallest absolute Gasteiger partial charge is 0.127 e. The number of hydrogen-bond donors (Lipinski definition) is 1. The van der Waals surface area contributed by atoms with Crippen LogP contribution in [0.1, 0.15) is 11.1 Å². The van der Waals surface area contributed by atoms with E-state index in [1.54, 1.807) is 4.68 Å². The molecule has 0 bridgehead atoms. The fraction of sp³-hybridized carbons (Fsp3) is 0.118. The highest BCUT2D eigenvalue weighted by molar-refractivity contribution is 5.68. The largest absolute Gasteiger partial charge is 0.384 e. The highest BCUT2D eigenvalue weighted by Crippen LogP contribution is 2.27. The van der Waals surface area contributed by atoms with Crippen molar-refractivity contribution in [3.8, 4) is 16.9 Å². The predicted molar refractivity (Wildman–Crippen MR) is 82.9 cm³/mol. The number of nitrogens with zero attached hydrogens (tertiary/aromatic N) is 2. The molecular formula is C17H17N3. The molecule has 3 heteroatoms. The Morgan fingerprint density at radius 3 is 2.45 bits per heavy atom. The van der Waals surface area contributed by atoms with Crippen LogP contribution in [-0.4, -0.2) is 9.78 Å². The topological polar surface area (TPSA) is 43.8 Å². The fourth-order valence-electron chi connectivity index (χ4n) is 2.33. The van der Waals surface area contributed by atoms with E-state index in [-0.39, 0.29) is 0 Å². The van der Waals surface area contributed by atoms with Crippen molar-refractivity contribution >= 4 is 5.82 Å². The van der Waals surface area contributed by atoms with Crippen LogP contribution in [-0.2, 0) is 0 Å². The third-order valence-corrected chi connectivity index (χ3v) is 3.62. The first kappa shape index (κ1) is 12.5. The molecule has 0 aliphatic heterocycles. The van der Waals surface area contributed by atoms with Crippen LogP contribution in [0.15, 0.2) is 54.6 Å². The number of aryl methyl sites for hydroxylation is 1. The summed E-state index contributed by atoms with van der Waals surface area (Å²) in [6, 6.07) is 18.1. The molecule has 2 aromatic carbocycles. The van der Waals surface area contributed by atoms with E-state index in [2.05, 4.69) is 37.1 Å². The summed E-state index contributed by atoms with van der Waals surface area (Å²) in [6.45, 7) is 4.22. The first-order valence-corrected chi connectivity index (χ1v) is 6.64. The Hall–Kier alpha value is -2.55. The van der Waals surface area contributed by atoms with E-state index in [1.807, 2.05) is 36.4 Å². The van der Waals surface area contributed by atoms with Crippen LogP contribution in [0.25, 0.3) is 16.9 Å². The van der Waals surface area contributed by atoms with E-state index >= 15 is 0 Å². The summed E-state index contributed by atoms with van der Waals surface area (Å²) < 4.78 is 1.77. The molecule has 3 aromatic rings. The second-order valence-electron chi connectivity index (χ2n) is 4.95. The molecule has 3 rings (SSSR count). The molecule has 0 spiro atoms. The number of para-hydroxylation sites is 1. The molecule has 0 fully saturated rings. The van der Waals surface area contributed by atoms with Crippen LogP contribution in [0.2, 0.25) is 0 Å². The van der Waals surface area contributed by atoms with Crippen LogP contribution in [0.4, 0.5) is 5.82 Å². The van der Waals surface area contributed by atoms with Crippen LogP contribution < -0.4 is 5.73 Å². The molecule has 2 N–H and O–H groups in total. The molecule has 0 unspecified atom stereocenters. The van der Waals surface area contributed by atoms with Crippen molar-refractivity contribution in [2.45, 2.75) is 13.8 Å². The summed E-state index contributed by atoms with van der Waals surface area (Å²) in [5.41, 5.74) is 11.6. The van der Waals surface area contributed by atoms with E-state index in [9.17, 15) is 0 Å². The van der Waals surface area contributed by atoms with E-state index in [0.717, 1.165) is 16.9 Å². The van der Waals surface area contributed by atoms with E-state index in [0.29, 0.717) is 5.82 Å². The Morgan fingerprint density at radius 2 is 1.70 bits per heavy atom. The lowest BCUT2D eigenvalue weighted by atomic mass is 10.0. The van der Waals surface area contributed by atoms with E-state index < -0.39 is 0 Å². The first-order chi connectivity index (χ1) is 9.66. The highest BCUT2D eigenvalue weighted by Gasteiger charge is 2.11. The van der Waals surface area contributed by atoms with Gasteiger partial charge in [0.1, 0.15) is 5.82 Å². The Kier molecular flexibility index (Phi) is 3.03. The molecule has 0 aliphatic rings. The summed E-state index contributed by atoms with van der Waals surface area (Å²) >= 11 is 0. The predicted octanol–water partition coefficient (Wildman–Crippen LogP) is 3.74. The van der Waals surface area contributed by atoms with Crippen molar-refractivity contribution in [1.82, 2.24) is 9.78 Å². The summed E-state index contributed by atoms with van der Waals surface area (Å²) in [4.78, 5) is 0. The van der Waals surface area contributed by atoms with Crippen molar-refractivity contribution < 1.29 is 0 Å². The Labute approximate surface area is 118 Å². The quantitative estimate of drug-likeness (QED) is 0.765. The maximum atomic E-state index is 6.10. The summed E-state index contributed by atoms with van der Waals surface area (Å²) in [5.74, 6) is 0.645. The summed E-state index contributed by atoms with van der Waals surface area (Å²) in [6.07, 6.45) is 0. The normalized spacial score (nSPS) is 10.7. The van der Waals surface area contributed by atoms with E-state index in [4.69, 9.17) is 5.73 Å². The lowest BCUT2D eigenvalue weighted by Crippen LogP contribution is -2.01. The van der Waals surface area contributed by atoms with E-state index in [1.165, 1.54) is 11.1 Å². The van der Waals surface area contributed by atoms with Crippen molar-refractivity contribution in [1.29, 1.82) is 0 Å². The SMILES string of the molecule is Cc1cccc(-c2cc(N)n(-c3ccccc3)n2)c1C. The average Bonchev–Trinajstić information content (AvgIpc) is 2.85. The maximum absolute atomic E-state index is 6.10. The van der Waals surface area contributed by atoms with Crippen molar-refractivity contribution in [3.05, 3.63) is 65.7 Å². The van der Waals surface area contributed by atoms with Gasteiger partial charge in [-0.1, -0.05) is 36.4 Å². The molecule has 20 heavy (non-hydrogen) atoms. The zero-order valence-corrected chi connectivity index (χ0v) is 11.7. The van der Waals surface area contributed by atoms with Gasteiger partial charge in [0.25, 0.3) is 0 Å². The molecule has 1 heterocycles. The zero-order chi connectivity index (χ0) is 14.1. The third-order valence-electron chi connectivity index (χ3n) is 3.62. The Bertz CT molecular complexity index is 742. The number of benzene rings is 2. The van der Waals surface area contributed by atoms with Gasteiger partial charge in [-0.2, -0.15) is 5.10 Å². The molecule has 1 aromatic heterocycles. The number of nitrogens with two attached hydrogens (primary N) is 1. The van der Waals surface area contributed by atoms with Gasteiger partial charge in [0.05, 0.1) is 11.4 Å². The van der Waals surface area contributed by atoms with Gasteiger partial charge in [-0.3, -0.25) is 0 Å². The van der Waals surface area contributed by atoms with Gasteiger partial charge in [0.2, 0.25) is 0 Å². The second kappa shape index (κ2) is 4.85. The van der Waals surface area contributed by atoms with Gasteiger partial charge in [0.15, 0.2) is 0 Å². The molecule has 0 atom stereocenters. The molecule has 0 aliphatic carbocycles. The molecule has 0 saturated carbocycles. The summed E-state index contributed by atoms with van der Waals surface area (Å²) in [5, 5.41) is 4.64. The minimum atomic E-state index is 0.645. The lowest BCUT2D eigenvalue weighted by molar-refractivity contribution is 0.894. The molecule has 0 saturated heterocycles. The van der Waals surface area contributed by atoms with Crippen LogP contribution in [0, 0.1) is 13.8 Å². The average molecular weight is 263 g/mol. The molecule has 0 amide bonds. The number of hydrogen-bond acceptors (Lipinski definition) is 2. The van der Waals surface area contributed by atoms with Gasteiger partial charge in [-0.25, -0.2) is 4.68 Å². The van der Waals surface area contributed by atoms with Gasteiger partial charge >= 0.3 is 0 Å². The Morgan fingerprint density at radius 1 is 0.950 bits per heavy atom. The number of nitrogen functional groups attached to an aromatic ring is 1. The zero-order valence-electron chi connectivity index (χ0n) is 11.7. The Balaban J connectivity index is 2.12. The van der Waals surface area contributed by atoms with Crippen molar-refractivity contribution in [2.24, 2.45) is 0 Å². The number of rotatable bonds is 2. The molecule has 3 nitrogen and oxygen atoms in total. The lowest BCUT2D eigenvalue weighted by Gasteiger charge is -2.06. The number of anilines is 1. The van der Waals surface area contributed by atoms with Gasteiger partial charge in [-0.15, -0.1) is 0 Å². The summed E-state index contributed by atoms with van der Waals surface area (Å²) in [7, 11) is 0.